The molecule has 0 radical (unpaired) electrons. The third-order valence-electron chi connectivity index (χ3n) is 6.91. The first-order valence-electron chi connectivity index (χ1n) is 11.5. The van der Waals surface area contributed by atoms with Gasteiger partial charge in [-0.25, -0.2) is 4.39 Å². The zero-order valence-electron chi connectivity index (χ0n) is 19.0. The Morgan fingerprint density at radius 3 is 2.59 bits per heavy atom. The van der Waals surface area contributed by atoms with Gasteiger partial charge in [0, 0.05) is 24.6 Å². The Bertz CT molecular complexity index is 1260. The largest absolute Gasteiger partial charge is 0.496 e. The van der Waals surface area contributed by atoms with Gasteiger partial charge >= 0.3 is 5.97 Å². The number of nitrogens with zero attached hydrogens (tertiary/aromatic N) is 1. The van der Waals surface area contributed by atoms with Crippen LogP contribution in [-0.2, 0) is 29.0 Å². The molecule has 0 saturated heterocycles. The number of halogens is 1. The minimum absolute atomic E-state index is 0.0330. The number of hydrogen-bond donors (Lipinski definition) is 1. The summed E-state index contributed by atoms with van der Waals surface area (Å²) in [5, 5.41) is 9.22. The van der Waals surface area contributed by atoms with E-state index in [0.717, 1.165) is 17.5 Å². The zero-order chi connectivity index (χ0) is 23.8. The maximum Gasteiger partial charge on any atom is 0.307 e. The van der Waals surface area contributed by atoms with Gasteiger partial charge in [0.15, 0.2) is 0 Å². The van der Waals surface area contributed by atoms with Crippen LogP contribution >= 0.6 is 0 Å². The van der Waals surface area contributed by atoms with Gasteiger partial charge < -0.3 is 14.7 Å². The third kappa shape index (κ3) is 4.16. The lowest BCUT2D eigenvalue weighted by Crippen LogP contribution is -2.37. The lowest BCUT2D eigenvalue weighted by atomic mass is 9.89. The van der Waals surface area contributed by atoms with Crippen LogP contribution in [0.3, 0.4) is 0 Å². The minimum Gasteiger partial charge on any atom is -0.496 e. The van der Waals surface area contributed by atoms with Gasteiger partial charge in [-0.05, 0) is 64.8 Å². The first kappa shape index (κ1) is 22.1. The molecule has 2 aliphatic rings. The monoisotopic (exact) mass is 459 g/mol. The summed E-state index contributed by atoms with van der Waals surface area (Å²) in [5.74, 6) is -0.296. The highest BCUT2D eigenvalue weighted by Gasteiger charge is 2.46. The summed E-state index contributed by atoms with van der Waals surface area (Å²) in [4.78, 5) is 26.4. The van der Waals surface area contributed by atoms with Gasteiger partial charge in [-0.15, -0.1) is 0 Å². The van der Waals surface area contributed by atoms with E-state index in [9.17, 15) is 19.1 Å². The Morgan fingerprint density at radius 2 is 1.85 bits per heavy atom. The maximum atomic E-state index is 14.8. The van der Waals surface area contributed by atoms with Crippen molar-refractivity contribution in [2.75, 3.05) is 13.7 Å². The number of fused-ring (bicyclic) bond motifs is 1. The number of benzene rings is 3. The van der Waals surface area contributed by atoms with E-state index in [4.69, 9.17) is 4.74 Å². The van der Waals surface area contributed by atoms with Crippen LogP contribution in [0.4, 0.5) is 4.39 Å². The van der Waals surface area contributed by atoms with Crippen molar-refractivity contribution in [3.63, 3.8) is 0 Å². The molecule has 1 heterocycles. The highest BCUT2D eigenvalue weighted by Crippen LogP contribution is 2.49. The van der Waals surface area contributed by atoms with Crippen LogP contribution in [-0.4, -0.2) is 35.5 Å². The highest BCUT2D eigenvalue weighted by molar-refractivity contribution is 5.84. The fourth-order valence-corrected chi connectivity index (χ4v) is 5.09. The molecule has 0 spiro atoms. The number of methoxy groups -OCH3 is 1. The lowest BCUT2D eigenvalue weighted by Gasteiger charge is -2.31. The summed E-state index contributed by atoms with van der Waals surface area (Å²) >= 11 is 0. The molecule has 1 aliphatic heterocycles. The Kier molecular flexibility index (Phi) is 5.82. The van der Waals surface area contributed by atoms with Crippen molar-refractivity contribution in [3.8, 4) is 16.9 Å². The predicted octanol–water partition coefficient (Wildman–Crippen LogP) is 4.82. The summed E-state index contributed by atoms with van der Waals surface area (Å²) in [6.07, 6.45) is 1.17. The summed E-state index contributed by atoms with van der Waals surface area (Å²) in [6.45, 7) is 0.811. The van der Waals surface area contributed by atoms with Gasteiger partial charge in [-0.3, -0.25) is 9.59 Å². The SMILES string of the molecule is COc1ccc(CC(=O)O)cc1-c1ccc(F)c2c1CN(C(=O)[C@H]1C[C@@H]1c1ccccc1)CC2. The number of carboxylic acids is 1. The highest BCUT2D eigenvalue weighted by atomic mass is 19.1. The molecule has 1 aliphatic carbocycles. The van der Waals surface area contributed by atoms with Gasteiger partial charge in [0.1, 0.15) is 11.6 Å². The van der Waals surface area contributed by atoms with E-state index in [-0.39, 0.29) is 30.0 Å². The molecule has 3 aromatic carbocycles. The Balaban J connectivity index is 1.46. The minimum atomic E-state index is -0.925. The van der Waals surface area contributed by atoms with E-state index in [1.165, 1.54) is 11.6 Å². The second-order valence-corrected chi connectivity index (χ2v) is 9.03. The van der Waals surface area contributed by atoms with Crippen molar-refractivity contribution in [2.24, 2.45) is 5.92 Å². The molecule has 0 bridgehead atoms. The Labute approximate surface area is 197 Å². The number of ether oxygens (including phenoxy) is 1. The van der Waals surface area contributed by atoms with Crippen LogP contribution in [0.5, 0.6) is 5.75 Å². The summed E-state index contributed by atoms with van der Waals surface area (Å²) in [6, 6.07) is 18.5. The predicted molar refractivity (Wildman–Crippen MR) is 126 cm³/mol. The van der Waals surface area contributed by atoms with Gasteiger partial charge in [0.25, 0.3) is 0 Å². The normalized spacial score (nSPS) is 18.8. The fraction of sp³-hybridized carbons (Fsp3) is 0.286. The van der Waals surface area contributed by atoms with Crippen LogP contribution in [0.25, 0.3) is 11.1 Å². The maximum absolute atomic E-state index is 14.8. The molecule has 0 unspecified atom stereocenters. The molecule has 6 heteroatoms. The number of carbonyl (C=O) groups excluding carboxylic acids is 1. The molecule has 2 atom stereocenters. The van der Waals surface area contributed by atoms with Crippen LogP contribution in [0.2, 0.25) is 0 Å². The van der Waals surface area contributed by atoms with Crippen molar-refractivity contribution in [3.05, 3.63) is 88.7 Å². The van der Waals surface area contributed by atoms with Crippen LogP contribution in [0.15, 0.2) is 60.7 Å². The average Bonchev–Trinajstić information content (AvgIpc) is 3.65. The second kappa shape index (κ2) is 8.93. The molecule has 5 nitrogen and oxygen atoms in total. The topological polar surface area (TPSA) is 66.8 Å². The van der Waals surface area contributed by atoms with E-state index in [1.54, 1.807) is 31.4 Å². The van der Waals surface area contributed by atoms with Gasteiger partial charge in [0.2, 0.25) is 5.91 Å². The van der Waals surface area contributed by atoms with Gasteiger partial charge in [0.05, 0.1) is 13.5 Å². The molecule has 1 amide bonds. The van der Waals surface area contributed by atoms with Gasteiger partial charge in [-0.2, -0.15) is 0 Å². The number of carbonyl (C=O) groups is 2. The van der Waals surface area contributed by atoms with Crippen LogP contribution < -0.4 is 4.74 Å². The van der Waals surface area contributed by atoms with E-state index >= 15 is 0 Å². The Hall–Kier alpha value is -3.67. The van der Waals surface area contributed by atoms with Crippen molar-refractivity contribution < 1.29 is 23.8 Å². The molecule has 174 valence electrons. The first-order valence-corrected chi connectivity index (χ1v) is 11.5. The molecule has 1 N–H and O–H groups in total. The van der Waals surface area contributed by atoms with Crippen molar-refractivity contribution in [2.45, 2.75) is 31.7 Å². The second-order valence-electron chi connectivity index (χ2n) is 9.03. The number of rotatable bonds is 6. The number of hydrogen-bond acceptors (Lipinski definition) is 3. The van der Waals surface area contributed by atoms with Crippen molar-refractivity contribution in [1.82, 2.24) is 4.90 Å². The Morgan fingerprint density at radius 1 is 1.06 bits per heavy atom. The molecule has 34 heavy (non-hydrogen) atoms. The molecule has 1 saturated carbocycles. The average molecular weight is 460 g/mol. The van der Waals surface area contributed by atoms with Crippen LogP contribution in [0, 0.1) is 11.7 Å². The summed E-state index contributed by atoms with van der Waals surface area (Å²) in [5.41, 5.74) is 4.68. The molecule has 1 fully saturated rings. The standard InChI is InChI=1S/C28H26FNO4/c1-34-26-10-7-17(14-27(31)32)13-22(26)19-8-9-25(29)20-11-12-30(16-24(19)20)28(33)23-15-21(23)18-5-3-2-4-6-18/h2-10,13,21,23H,11-12,14-16H2,1H3,(H,31,32)/t21-,23+/m1/s1. The number of amides is 1. The van der Waals surface area contributed by atoms with E-state index in [1.807, 2.05) is 23.1 Å². The van der Waals surface area contributed by atoms with E-state index < -0.39 is 5.97 Å². The zero-order valence-corrected chi connectivity index (χ0v) is 19.0. The fourth-order valence-electron chi connectivity index (χ4n) is 5.09. The van der Waals surface area contributed by atoms with Crippen molar-refractivity contribution >= 4 is 11.9 Å². The third-order valence-corrected chi connectivity index (χ3v) is 6.91. The number of aliphatic carboxylic acids is 1. The smallest absolute Gasteiger partial charge is 0.307 e. The molecule has 5 rings (SSSR count). The molecular weight excluding hydrogens is 433 g/mol. The van der Waals surface area contributed by atoms with E-state index in [0.29, 0.717) is 42.0 Å². The molecule has 0 aromatic heterocycles. The van der Waals surface area contributed by atoms with Gasteiger partial charge in [-0.1, -0.05) is 42.5 Å². The quantitative estimate of drug-likeness (QED) is 0.574. The summed E-state index contributed by atoms with van der Waals surface area (Å²) in [7, 11) is 1.55. The van der Waals surface area contributed by atoms with E-state index in [2.05, 4.69) is 12.1 Å². The first-order chi connectivity index (χ1) is 16.5. The lowest BCUT2D eigenvalue weighted by molar-refractivity contribution is -0.136. The van der Waals surface area contributed by atoms with Crippen LogP contribution in [0.1, 0.15) is 34.6 Å². The molecule has 3 aromatic rings. The molecular formula is C28H26FNO4. The summed E-state index contributed by atoms with van der Waals surface area (Å²) < 4.78 is 20.3. The number of carboxylic acid groups (broad SMARTS) is 1. The van der Waals surface area contributed by atoms with Crippen molar-refractivity contribution in [1.29, 1.82) is 0 Å².